The molecule has 2 aromatic carbocycles. The van der Waals surface area contributed by atoms with Gasteiger partial charge >= 0.3 is 6.09 Å². The van der Waals surface area contributed by atoms with Crippen molar-refractivity contribution in [2.75, 3.05) is 18.8 Å². The lowest BCUT2D eigenvalue weighted by Crippen LogP contribution is -2.53. The van der Waals surface area contributed by atoms with E-state index in [0.29, 0.717) is 12.8 Å². The van der Waals surface area contributed by atoms with Crippen LogP contribution in [0.15, 0.2) is 60.7 Å². The molecular formula is C30H47N3O6S. The lowest BCUT2D eigenvalue weighted by molar-refractivity contribution is 0.0416. The number of alkyl carbamates (subject to hydrolysis) is 1. The molecule has 1 amide bonds. The van der Waals surface area contributed by atoms with Crippen molar-refractivity contribution in [3.05, 3.63) is 71.8 Å². The molecule has 0 aliphatic heterocycles. The highest BCUT2D eigenvalue weighted by atomic mass is 32.2. The lowest BCUT2D eigenvalue weighted by atomic mass is 10.0. The standard InChI is InChI=1S/C30H47N3O6S/c1-29(2,3)21-40(37,38)33-25(18-23-15-11-8-12-16-23)27(35)20-31-19-26(34)24(17-22-13-9-7-10-14-22)32-28(36)39-30(4,5)6/h7-16,24-27,31,33-35H,17-21H2,1-6H3,(H,32,36)/t24-,25+,26-,27?/m0/s1. The molecule has 0 spiro atoms. The van der Waals surface area contributed by atoms with Crippen LogP contribution in [0.5, 0.6) is 0 Å². The smallest absolute Gasteiger partial charge is 0.407 e. The minimum absolute atomic E-state index is 0.0249. The maximum atomic E-state index is 12.9. The summed E-state index contributed by atoms with van der Waals surface area (Å²) in [6, 6.07) is 17.4. The van der Waals surface area contributed by atoms with Gasteiger partial charge in [-0.3, -0.25) is 0 Å². The Labute approximate surface area is 239 Å². The average molecular weight is 578 g/mol. The van der Waals surface area contributed by atoms with Crippen LogP contribution in [-0.2, 0) is 27.6 Å². The van der Waals surface area contributed by atoms with Crippen molar-refractivity contribution in [1.29, 1.82) is 0 Å². The Balaban J connectivity index is 2.07. The Morgan fingerprint density at radius 3 is 1.70 bits per heavy atom. The highest BCUT2D eigenvalue weighted by Crippen LogP contribution is 2.17. The predicted octanol–water partition coefficient (Wildman–Crippen LogP) is 3.01. The van der Waals surface area contributed by atoms with Gasteiger partial charge in [-0.1, -0.05) is 81.4 Å². The van der Waals surface area contributed by atoms with E-state index < -0.39 is 51.4 Å². The van der Waals surface area contributed by atoms with Gasteiger partial charge < -0.3 is 25.6 Å². The van der Waals surface area contributed by atoms with E-state index in [2.05, 4.69) is 15.4 Å². The summed E-state index contributed by atoms with van der Waals surface area (Å²) in [7, 11) is -3.67. The number of rotatable bonds is 14. The molecule has 1 unspecified atom stereocenters. The molecule has 2 aromatic rings. The van der Waals surface area contributed by atoms with Gasteiger partial charge in [-0.2, -0.15) is 0 Å². The summed E-state index contributed by atoms with van der Waals surface area (Å²) in [6.45, 7) is 10.9. The van der Waals surface area contributed by atoms with Gasteiger partial charge in [-0.05, 0) is 50.2 Å². The molecule has 0 saturated carbocycles. The molecule has 0 heterocycles. The number of nitrogens with one attached hydrogen (secondary N) is 3. The first-order valence-electron chi connectivity index (χ1n) is 13.7. The first-order chi connectivity index (χ1) is 18.5. The monoisotopic (exact) mass is 577 g/mol. The largest absolute Gasteiger partial charge is 0.444 e. The van der Waals surface area contributed by atoms with E-state index in [0.717, 1.165) is 11.1 Å². The zero-order chi connectivity index (χ0) is 30.0. The molecule has 4 atom stereocenters. The fourth-order valence-corrected chi connectivity index (χ4v) is 6.17. The van der Waals surface area contributed by atoms with Gasteiger partial charge in [-0.25, -0.2) is 17.9 Å². The zero-order valence-corrected chi connectivity index (χ0v) is 25.4. The van der Waals surface area contributed by atoms with Crippen molar-refractivity contribution in [2.24, 2.45) is 5.41 Å². The van der Waals surface area contributed by atoms with Crippen molar-refractivity contribution in [2.45, 2.75) is 84.3 Å². The summed E-state index contributed by atoms with van der Waals surface area (Å²) >= 11 is 0. The number of sulfonamides is 1. The fraction of sp³-hybridized carbons (Fsp3) is 0.567. The number of hydrogen-bond acceptors (Lipinski definition) is 7. The SMILES string of the molecule is CC(C)(C)CS(=O)(=O)N[C@H](Cc1ccccc1)C(O)CNC[C@H](O)[C@H](Cc1ccccc1)NC(=O)OC(C)(C)C. The van der Waals surface area contributed by atoms with Crippen LogP contribution < -0.4 is 15.4 Å². The number of carbonyl (C=O) groups is 1. The van der Waals surface area contributed by atoms with Crippen LogP contribution in [-0.4, -0.2) is 73.5 Å². The van der Waals surface area contributed by atoms with E-state index in [9.17, 15) is 23.4 Å². The molecule has 0 aliphatic carbocycles. The van der Waals surface area contributed by atoms with Gasteiger partial charge in [-0.15, -0.1) is 0 Å². The molecule has 0 bridgehead atoms. The van der Waals surface area contributed by atoms with Gasteiger partial charge in [0.15, 0.2) is 0 Å². The lowest BCUT2D eigenvalue weighted by Gasteiger charge is -2.29. The van der Waals surface area contributed by atoms with Crippen LogP contribution in [0.4, 0.5) is 4.79 Å². The highest BCUT2D eigenvalue weighted by Gasteiger charge is 2.29. The second kappa shape index (κ2) is 14.9. The number of benzene rings is 2. The van der Waals surface area contributed by atoms with Gasteiger partial charge in [0.2, 0.25) is 10.0 Å². The molecule has 0 saturated heterocycles. The molecular weight excluding hydrogens is 530 g/mol. The number of hydrogen-bond donors (Lipinski definition) is 5. The van der Waals surface area contributed by atoms with Crippen molar-refractivity contribution in [1.82, 2.24) is 15.4 Å². The van der Waals surface area contributed by atoms with Crippen LogP contribution in [0.1, 0.15) is 52.7 Å². The van der Waals surface area contributed by atoms with Crippen molar-refractivity contribution in [3.63, 3.8) is 0 Å². The molecule has 0 aliphatic rings. The van der Waals surface area contributed by atoms with Crippen molar-refractivity contribution in [3.8, 4) is 0 Å². The number of ether oxygens (including phenoxy) is 1. The van der Waals surface area contributed by atoms with E-state index in [-0.39, 0.29) is 18.8 Å². The Kier molecular flexibility index (Phi) is 12.6. The third kappa shape index (κ3) is 13.7. The fourth-order valence-electron chi connectivity index (χ4n) is 4.24. The van der Waals surface area contributed by atoms with Crippen LogP contribution in [0.3, 0.4) is 0 Å². The number of aliphatic hydroxyl groups excluding tert-OH is 2. The van der Waals surface area contributed by atoms with E-state index in [4.69, 9.17) is 4.74 Å². The topological polar surface area (TPSA) is 137 Å². The van der Waals surface area contributed by atoms with Crippen molar-refractivity contribution >= 4 is 16.1 Å². The molecule has 9 nitrogen and oxygen atoms in total. The Morgan fingerprint density at radius 2 is 1.25 bits per heavy atom. The molecule has 2 rings (SSSR count). The zero-order valence-electron chi connectivity index (χ0n) is 24.6. The van der Waals surface area contributed by atoms with E-state index in [1.807, 2.05) is 81.4 Å². The second-order valence-corrected chi connectivity index (χ2v) is 14.2. The maximum Gasteiger partial charge on any atom is 0.407 e. The molecule has 0 fully saturated rings. The number of carbonyl (C=O) groups excluding carboxylic acids is 1. The molecule has 0 radical (unpaired) electrons. The third-order valence-corrected chi connectivity index (χ3v) is 7.80. The first-order valence-corrected chi connectivity index (χ1v) is 15.3. The van der Waals surface area contributed by atoms with Gasteiger partial charge in [0.1, 0.15) is 5.60 Å². The van der Waals surface area contributed by atoms with Crippen LogP contribution in [0.2, 0.25) is 0 Å². The quantitative estimate of drug-likeness (QED) is 0.233. The van der Waals surface area contributed by atoms with Crippen LogP contribution in [0, 0.1) is 5.41 Å². The summed E-state index contributed by atoms with van der Waals surface area (Å²) in [5.74, 6) is -0.0817. The molecule has 0 aromatic heterocycles. The van der Waals surface area contributed by atoms with Gasteiger partial charge in [0.25, 0.3) is 0 Å². The predicted molar refractivity (Wildman–Crippen MR) is 158 cm³/mol. The summed E-state index contributed by atoms with van der Waals surface area (Å²) in [5.41, 5.74) is 0.669. The van der Waals surface area contributed by atoms with E-state index in [1.165, 1.54) is 0 Å². The van der Waals surface area contributed by atoms with Crippen molar-refractivity contribution < 1.29 is 28.2 Å². The average Bonchev–Trinajstić information content (AvgIpc) is 2.81. The molecule has 5 N–H and O–H groups in total. The Bertz CT molecular complexity index is 1130. The van der Waals surface area contributed by atoms with Crippen LogP contribution >= 0.6 is 0 Å². The minimum atomic E-state index is -3.67. The Morgan fingerprint density at radius 1 is 0.800 bits per heavy atom. The summed E-state index contributed by atoms with van der Waals surface area (Å²) in [5, 5.41) is 27.8. The second-order valence-electron chi connectivity index (χ2n) is 12.5. The van der Waals surface area contributed by atoms with E-state index in [1.54, 1.807) is 20.8 Å². The minimum Gasteiger partial charge on any atom is -0.444 e. The highest BCUT2D eigenvalue weighted by molar-refractivity contribution is 7.89. The Hall–Kier alpha value is -2.50. The summed E-state index contributed by atoms with van der Waals surface area (Å²) in [6.07, 6.45) is -2.05. The number of amides is 1. The third-order valence-electron chi connectivity index (χ3n) is 5.89. The normalized spacial score (nSPS) is 15.6. The van der Waals surface area contributed by atoms with Crippen LogP contribution in [0.25, 0.3) is 0 Å². The maximum absolute atomic E-state index is 12.9. The van der Waals surface area contributed by atoms with E-state index >= 15 is 0 Å². The summed E-state index contributed by atoms with van der Waals surface area (Å²) in [4.78, 5) is 12.5. The van der Waals surface area contributed by atoms with Gasteiger partial charge in [0, 0.05) is 13.1 Å². The molecule has 224 valence electrons. The number of aliphatic hydroxyl groups is 2. The molecule has 40 heavy (non-hydrogen) atoms. The first kappa shape index (κ1) is 33.7. The molecule has 10 heteroatoms. The summed E-state index contributed by atoms with van der Waals surface area (Å²) < 4.78 is 33.8. The van der Waals surface area contributed by atoms with Gasteiger partial charge in [0.05, 0.1) is 30.0 Å².